The van der Waals surface area contributed by atoms with Crippen molar-refractivity contribution < 1.29 is 9.53 Å². The van der Waals surface area contributed by atoms with Crippen LogP contribution in [0.15, 0.2) is 30.3 Å². The lowest BCUT2D eigenvalue weighted by atomic mass is 10.2. The largest absolute Gasteiger partial charge is 0.370 e. The van der Waals surface area contributed by atoms with Crippen LogP contribution in [0, 0.1) is 0 Å². The zero-order valence-electron chi connectivity index (χ0n) is 11.1. The molecule has 0 heterocycles. The van der Waals surface area contributed by atoms with Crippen LogP contribution in [0.5, 0.6) is 0 Å². The van der Waals surface area contributed by atoms with Gasteiger partial charge in [0.2, 0.25) is 5.91 Å². The number of hydrogen-bond acceptors (Lipinski definition) is 3. The van der Waals surface area contributed by atoms with Crippen molar-refractivity contribution in [1.29, 1.82) is 0 Å². The number of carbonyl (C=O) groups is 1. The average molecular weight is 250 g/mol. The van der Waals surface area contributed by atoms with E-state index in [0.717, 1.165) is 12.1 Å². The van der Waals surface area contributed by atoms with Gasteiger partial charge in [-0.2, -0.15) is 0 Å². The topological polar surface area (TPSA) is 50.4 Å². The van der Waals surface area contributed by atoms with Gasteiger partial charge < -0.3 is 15.4 Å². The van der Waals surface area contributed by atoms with Gasteiger partial charge in [0.1, 0.15) is 6.61 Å². The van der Waals surface area contributed by atoms with E-state index in [-0.39, 0.29) is 12.5 Å². The van der Waals surface area contributed by atoms with Crippen molar-refractivity contribution in [3.05, 3.63) is 35.9 Å². The highest BCUT2D eigenvalue weighted by Gasteiger charge is 2.01. The molecular weight excluding hydrogens is 228 g/mol. The fourth-order valence-electron chi connectivity index (χ4n) is 1.43. The molecule has 1 amide bonds. The Labute approximate surface area is 109 Å². The van der Waals surface area contributed by atoms with Gasteiger partial charge in [0.15, 0.2) is 0 Å². The van der Waals surface area contributed by atoms with Crippen LogP contribution in [0.1, 0.15) is 19.4 Å². The van der Waals surface area contributed by atoms with Crippen molar-refractivity contribution in [3.8, 4) is 0 Å². The molecule has 0 saturated carbocycles. The van der Waals surface area contributed by atoms with Gasteiger partial charge in [0.25, 0.3) is 0 Å². The predicted molar refractivity (Wildman–Crippen MR) is 72.2 cm³/mol. The summed E-state index contributed by atoms with van der Waals surface area (Å²) in [6, 6.07) is 10.3. The normalized spacial score (nSPS) is 10.6. The summed E-state index contributed by atoms with van der Waals surface area (Å²) in [5, 5.41) is 6.03. The van der Waals surface area contributed by atoms with Crippen LogP contribution in [-0.2, 0) is 16.1 Å². The zero-order valence-corrected chi connectivity index (χ0v) is 11.1. The SMILES string of the molecule is CC(C)NCCOCC(=O)NCc1ccccc1. The monoisotopic (exact) mass is 250 g/mol. The highest BCUT2D eigenvalue weighted by atomic mass is 16.5. The molecule has 4 nitrogen and oxygen atoms in total. The summed E-state index contributed by atoms with van der Waals surface area (Å²) >= 11 is 0. The van der Waals surface area contributed by atoms with Crippen LogP contribution in [-0.4, -0.2) is 31.7 Å². The van der Waals surface area contributed by atoms with E-state index in [2.05, 4.69) is 24.5 Å². The molecule has 0 fully saturated rings. The summed E-state index contributed by atoms with van der Waals surface area (Å²) in [4.78, 5) is 11.5. The van der Waals surface area contributed by atoms with Gasteiger partial charge in [-0.15, -0.1) is 0 Å². The number of nitrogens with one attached hydrogen (secondary N) is 2. The fraction of sp³-hybridized carbons (Fsp3) is 0.500. The van der Waals surface area contributed by atoms with E-state index in [4.69, 9.17) is 4.74 Å². The highest BCUT2D eigenvalue weighted by Crippen LogP contribution is 1.96. The molecule has 1 aromatic carbocycles. The van der Waals surface area contributed by atoms with Gasteiger partial charge in [-0.3, -0.25) is 4.79 Å². The second-order valence-electron chi connectivity index (χ2n) is 4.42. The minimum Gasteiger partial charge on any atom is -0.370 e. The molecule has 0 unspecified atom stereocenters. The van der Waals surface area contributed by atoms with Crippen molar-refractivity contribution in [2.45, 2.75) is 26.4 Å². The van der Waals surface area contributed by atoms with Gasteiger partial charge in [-0.25, -0.2) is 0 Å². The standard InChI is InChI=1S/C14H22N2O2/c1-12(2)15-8-9-18-11-14(17)16-10-13-6-4-3-5-7-13/h3-7,12,15H,8-11H2,1-2H3,(H,16,17). The predicted octanol–water partition coefficient (Wildman–Crippen LogP) is 1.32. The third-order valence-electron chi connectivity index (χ3n) is 2.36. The van der Waals surface area contributed by atoms with Crippen molar-refractivity contribution in [2.75, 3.05) is 19.8 Å². The number of ether oxygens (including phenoxy) is 1. The number of amides is 1. The molecule has 1 rings (SSSR count). The van der Waals surface area contributed by atoms with E-state index in [0.29, 0.717) is 19.2 Å². The van der Waals surface area contributed by atoms with Gasteiger partial charge >= 0.3 is 0 Å². The molecule has 0 bridgehead atoms. The molecule has 1 aromatic rings. The lowest BCUT2D eigenvalue weighted by molar-refractivity contribution is -0.125. The minimum absolute atomic E-state index is 0.0802. The first-order valence-electron chi connectivity index (χ1n) is 6.30. The van der Waals surface area contributed by atoms with Crippen molar-refractivity contribution in [1.82, 2.24) is 10.6 Å². The molecule has 0 aliphatic rings. The fourth-order valence-corrected chi connectivity index (χ4v) is 1.43. The zero-order chi connectivity index (χ0) is 13.2. The molecule has 18 heavy (non-hydrogen) atoms. The molecule has 2 N–H and O–H groups in total. The van der Waals surface area contributed by atoms with Crippen LogP contribution in [0.25, 0.3) is 0 Å². The summed E-state index contributed by atoms with van der Waals surface area (Å²) < 4.78 is 5.26. The smallest absolute Gasteiger partial charge is 0.246 e. The molecule has 0 spiro atoms. The van der Waals surface area contributed by atoms with Crippen LogP contribution in [0.2, 0.25) is 0 Å². The molecular formula is C14H22N2O2. The maximum atomic E-state index is 11.5. The number of benzene rings is 1. The molecule has 100 valence electrons. The number of hydrogen-bond donors (Lipinski definition) is 2. The van der Waals surface area contributed by atoms with Crippen LogP contribution < -0.4 is 10.6 Å². The second-order valence-corrected chi connectivity index (χ2v) is 4.42. The van der Waals surface area contributed by atoms with Crippen LogP contribution in [0.4, 0.5) is 0 Å². The van der Waals surface area contributed by atoms with Gasteiger partial charge in [-0.05, 0) is 5.56 Å². The Hall–Kier alpha value is -1.39. The van der Waals surface area contributed by atoms with E-state index in [1.807, 2.05) is 30.3 Å². The minimum atomic E-state index is -0.0802. The van der Waals surface area contributed by atoms with Gasteiger partial charge in [-0.1, -0.05) is 44.2 Å². The maximum absolute atomic E-state index is 11.5. The Morgan fingerprint density at radius 2 is 2.00 bits per heavy atom. The summed E-state index contributed by atoms with van der Waals surface area (Å²) in [6.45, 7) is 6.14. The van der Waals surface area contributed by atoms with Crippen molar-refractivity contribution in [3.63, 3.8) is 0 Å². The molecule has 4 heteroatoms. The van der Waals surface area contributed by atoms with E-state index in [9.17, 15) is 4.79 Å². The number of rotatable bonds is 8. The summed E-state index contributed by atoms with van der Waals surface area (Å²) in [5.74, 6) is -0.0802. The Bertz CT molecular complexity index is 339. The average Bonchev–Trinajstić information content (AvgIpc) is 2.37. The maximum Gasteiger partial charge on any atom is 0.246 e. The highest BCUT2D eigenvalue weighted by molar-refractivity contribution is 5.77. The van der Waals surface area contributed by atoms with E-state index in [1.54, 1.807) is 0 Å². The first-order valence-corrected chi connectivity index (χ1v) is 6.30. The lowest BCUT2D eigenvalue weighted by Gasteiger charge is -2.09. The first kappa shape index (κ1) is 14.7. The van der Waals surface area contributed by atoms with Gasteiger partial charge in [0, 0.05) is 19.1 Å². The summed E-state index contributed by atoms with van der Waals surface area (Å²) in [6.07, 6.45) is 0. The quantitative estimate of drug-likeness (QED) is 0.684. The first-order chi connectivity index (χ1) is 8.68. The molecule has 0 radical (unpaired) electrons. The Kier molecular flexibility index (Phi) is 7.06. The molecule has 0 aliphatic carbocycles. The molecule has 0 saturated heterocycles. The third-order valence-corrected chi connectivity index (χ3v) is 2.36. The molecule has 0 atom stereocenters. The third kappa shape index (κ3) is 7.04. The van der Waals surface area contributed by atoms with Crippen LogP contribution >= 0.6 is 0 Å². The van der Waals surface area contributed by atoms with E-state index >= 15 is 0 Å². The molecule has 0 aliphatic heterocycles. The lowest BCUT2D eigenvalue weighted by Crippen LogP contribution is -2.30. The summed E-state index contributed by atoms with van der Waals surface area (Å²) in [7, 11) is 0. The molecule has 0 aromatic heterocycles. The van der Waals surface area contributed by atoms with E-state index in [1.165, 1.54) is 0 Å². The number of carbonyl (C=O) groups excluding carboxylic acids is 1. The van der Waals surface area contributed by atoms with Crippen molar-refractivity contribution in [2.24, 2.45) is 0 Å². The Morgan fingerprint density at radius 3 is 2.67 bits per heavy atom. The Balaban J connectivity index is 2.04. The van der Waals surface area contributed by atoms with Gasteiger partial charge in [0.05, 0.1) is 6.61 Å². The van der Waals surface area contributed by atoms with Crippen LogP contribution in [0.3, 0.4) is 0 Å². The summed E-state index contributed by atoms with van der Waals surface area (Å²) in [5.41, 5.74) is 1.09. The second kappa shape index (κ2) is 8.66. The Morgan fingerprint density at radius 1 is 1.28 bits per heavy atom. The van der Waals surface area contributed by atoms with E-state index < -0.39 is 0 Å². The van der Waals surface area contributed by atoms with Crippen molar-refractivity contribution >= 4 is 5.91 Å².